The molecule has 8 heteroatoms. The van der Waals surface area contributed by atoms with Gasteiger partial charge in [0, 0.05) is 6.07 Å². The summed E-state index contributed by atoms with van der Waals surface area (Å²) >= 11 is 0. The Bertz CT molecular complexity index is 946. The third kappa shape index (κ3) is 5.07. The van der Waals surface area contributed by atoms with Crippen molar-refractivity contribution in [2.75, 3.05) is 10.6 Å². The number of anilines is 1. The van der Waals surface area contributed by atoms with Gasteiger partial charge in [-0.3, -0.25) is 9.10 Å². The Kier molecular flexibility index (Phi) is 6.77. The Hall–Kier alpha value is -2.48. The van der Waals surface area contributed by atoms with Gasteiger partial charge in [-0.15, -0.1) is 0 Å². The molecule has 0 aliphatic rings. The predicted molar refractivity (Wildman–Crippen MR) is 106 cm³/mol. The van der Waals surface area contributed by atoms with Gasteiger partial charge in [0.05, 0.1) is 18.0 Å². The van der Waals surface area contributed by atoms with E-state index in [1.165, 1.54) is 6.92 Å². The molecule has 2 aromatic carbocycles. The maximum absolute atomic E-state index is 13.6. The van der Waals surface area contributed by atoms with E-state index in [1.54, 1.807) is 6.92 Å². The first-order valence-electron chi connectivity index (χ1n) is 8.88. The number of halogens is 2. The maximum atomic E-state index is 13.6. The van der Waals surface area contributed by atoms with Crippen molar-refractivity contribution in [1.29, 1.82) is 0 Å². The zero-order valence-electron chi connectivity index (χ0n) is 16.2. The quantitative estimate of drug-likeness (QED) is 0.759. The summed E-state index contributed by atoms with van der Waals surface area (Å²) in [6.07, 6.45) is 1.81. The van der Waals surface area contributed by atoms with E-state index >= 15 is 0 Å². The summed E-state index contributed by atoms with van der Waals surface area (Å²) in [5, 5.41) is 2.77. The molecule has 2 aromatic rings. The normalized spacial score (nSPS) is 13.6. The molecule has 0 aliphatic carbocycles. The second kappa shape index (κ2) is 8.68. The lowest BCUT2D eigenvalue weighted by molar-refractivity contribution is -0.122. The minimum Gasteiger partial charge on any atom is -0.348 e. The van der Waals surface area contributed by atoms with Gasteiger partial charge in [-0.05, 0) is 43.5 Å². The fourth-order valence-electron chi connectivity index (χ4n) is 2.89. The first-order chi connectivity index (χ1) is 13.0. The third-order valence-electron chi connectivity index (χ3n) is 4.49. The summed E-state index contributed by atoms with van der Waals surface area (Å²) in [5.74, 6) is -2.84. The lowest BCUT2D eigenvalue weighted by Gasteiger charge is -2.29. The van der Waals surface area contributed by atoms with E-state index in [-0.39, 0.29) is 11.7 Å². The molecule has 1 N–H and O–H groups in total. The summed E-state index contributed by atoms with van der Waals surface area (Å²) in [4.78, 5) is 12.7. The molecule has 0 fully saturated rings. The largest absolute Gasteiger partial charge is 0.348 e. The molecule has 1 amide bonds. The van der Waals surface area contributed by atoms with Gasteiger partial charge in [-0.2, -0.15) is 0 Å². The smallest absolute Gasteiger partial charge is 0.244 e. The molecule has 0 spiro atoms. The molecule has 0 aromatic heterocycles. The van der Waals surface area contributed by atoms with Crippen LogP contribution in [0.5, 0.6) is 0 Å². The number of nitrogens with one attached hydrogen (secondary N) is 1. The molecular formula is C20H24F2N2O3S. The highest BCUT2D eigenvalue weighted by Crippen LogP contribution is 2.24. The molecular weight excluding hydrogens is 386 g/mol. The summed E-state index contributed by atoms with van der Waals surface area (Å²) in [6.45, 7) is 5.22. The van der Waals surface area contributed by atoms with Crippen molar-refractivity contribution in [3.8, 4) is 0 Å². The number of benzene rings is 2. The van der Waals surface area contributed by atoms with E-state index < -0.39 is 33.6 Å². The van der Waals surface area contributed by atoms with Crippen molar-refractivity contribution < 1.29 is 22.0 Å². The molecule has 5 nitrogen and oxygen atoms in total. The van der Waals surface area contributed by atoms with Crippen LogP contribution in [0.4, 0.5) is 14.5 Å². The van der Waals surface area contributed by atoms with Crippen LogP contribution in [0.2, 0.25) is 0 Å². The zero-order chi connectivity index (χ0) is 21.1. The first kappa shape index (κ1) is 21.8. The van der Waals surface area contributed by atoms with Crippen LogP contribution in [-0.4, -0.2) is 26.6 Å². The van der Waals surface area contributed by atoms with Crippen LogP contribution in [0.1, 0.15) is 37.9 Å². The Morgan fingerprint density at radius 2 is 1.68 bits per heavy atom. The van der Waals surface area contributed by atoms with E-state index in [4.69, 9.17) is 0 Å². The molecule has 0 heterocycles. The molecule has 2 rings (SSSR count). The Balaban J connectivity index is 2.24. The summed E-state index contributed by atoms with van der Waals surface area (Å²) in [7, 11) is -3.92. The molecule has 0 saturated carbocycles. The number of aryl methyl sites for hydroxylation is 1. The summed E-state index contributed by atoms with van der Waals surface area (Å²) in [5.41, 5.74) is 1.91. The van der Waals surface area contributed by atoms with E-state index in [9.17, 15) is 22.0 Å². The van der Waals surface area contributed by atoms with Gasteiger partial charge in [-0.25, -0.2) is 17.2 Å². The van der Waals surface area contributed by atoms with Gasteiger partial charge >= 0.3 is 0 Å². The molecule has 0 radical (unpaired) electrons. The molecule has 0 saturated heterocycles. The molecule has 2 atom stereocenters. The van der Waals surface area contributed by atoms with Crippen LogP contribution < -0.4 is 9.62 Å². The second-order valence-corrected chi connectivity index (χ2v) is 8.52. The molecule has 0 unspecified atom stereocenters. The first-order valence-corrected chi connectivity index (χ1v) is 10.7. The number of nitrogens with zero attached hydrogens (tertiary/aromatic N) is 1. The lowest BCUT2D eigenvalue weighted by Crippen LogP contribution is -2.48. The molecule has 0 bridgehead atoms. The van der Waals surface area contributed by atoms with Crippen LogP contribution in [0.25, 0.3) is 0 Å². The average molecular weight is 410 g/mol. The Morgan fingerprint density at radius 3 is 2.18 bits per heavy atom. The minimum absolute atomic E-state index is 0.121. The molecule has 0 aliphatic heterocycles. The van der Waals surface area contributed by atoms with Crippen molar-refractivity contribution in [3.05, 3.63) is 65.2 Å². The molecule has 152 valence electrons. The van der Waals surface area contributed by atoms with Gasteiger partial charge in [0.15, 0.2) is 11.6 Å². The minimum atomic E-state index is -3.92. The number of hydrogen-bond acceptors (Lipinski definition) is 3. The standard InChI is InChI=1S/C20H24F2N2O3S/c1-5-15-6-8-16(9-7-15)13(2)23-20(25)14(3)24(28(4,26)27)17-10-11-18(21)19(22)12-17/h6-14H,5H2,1-4H3,(H,23,25)/t13-,14+/m1/s1. The zero-order valence-corrected chi connectivity index (χ0v) is 17.1. The van der Waals surface area contributed by atoms with Crippen LogP contribution in [0.3, 0.4) is 0 Å². The Morgan fingerprint density at radius 1 is 1.07 bits per heavy atom. The number of carbonyl (C=O) groups excluding carboxylic acids is 1. The average Bonchev–Trinajstić information content (AvgIpc) is 2.63. The SMILES string of the molecule is CCc1ccc([C@@H](C)NC(=O)[C@H](C)N(c2ccc(F)c(F)c2)S(C)(=O)=O)cc1. The maximum Gasteiger partial charge on any atom is 0.244 e. The number of hydrogen-bond donors (Lipinski definition) is 1. The van der Waals surface area contributed by atoms with Crippen LogP contribution in [-0.2, 0) is 21.2 Å². The van der Waals surface area contributed by atoms with Crippen LogP contribution in [0.15, 0.2) is 42.5 Å². The van der Waals surface area contributed by atoms with E-state index in [2.05, 4.69) is 5.32 Å². The van der Waals surface area contributed by atoms with Crippen LogP contribution in [0, 0.1) is 11.6 Å². The van der Waals surface area contributed by atoms with Crippen molar-refractivity contribution in [3.63, 3.8) is 0 Å². The Labute approximate surface area is 164 Å². The van der Waals surface area contributed by atoms with Crippen molar-refractivity contribution in [2.24, 2.45) is 0 Å². The monoisotopic (exact) mass is 410 g/mol. The van der Waals surface area contributed by atoms with Gasteiger partial charge in [0.2, 0.25) is 15.9 Å². The number of amides is 1. The van der Waals surface area contributed by atoms with Crippen molar-refractivity contribution >= 4 is 21.6 Å². The molecule has 28 heavy (non-hydrogen) atoms. The summed E-state index contributed by atoms with van der Waals surface area (Å²) in [6, 6.07) is 8.92. The van der Waals surface area contributed by atoms with Crippen LogP contribution >= 0.6 is 0 Å². The van der Waals surface area contributed by atoms with E-state index in [1.807, 2.05) is 31.2 Å². The third-order valence-corrected chi connectivity index (χ3v) is 5.73. The number of sulfonamides is 1. The number of carbonyl (C=O) groups is 1. The highest BCUT2D eigenvalue weighted by molar-refractivity contribution is 7.92. The second-order valence-electron chi connectivity index (χ2n) is 6.66. The fraction of sp³-hybridized carbons (Fsp3) is 0.350. The fourth-order valence-corrected chi connectivity index (χ4v) is 4.06. The van der Waals surface area contributed by atoms with E-state index in [0.717, 1.165) is 46.3 Å². The van der Waals surface area contributed by atoms with Gasteiger partial charge in [0.1, 0.15) is 6.04 Å². The summed E-state index contributed by atoms with van der Waals surface area (Å²) < 4.78 is 52.0. The highest BCUT2D eigenvalue weighted by atomic mass is 32.2. The van der Waals surface area contributed by atoms with Crippen molar-refractivity contribution in [2.45, 2.75) is 39.3 Å². The topological polar surface area (TPSA) is 66.5 Å². The van der Waals surface area contributed by atoms with E-state index in [0.29, 0.717) is 0 Å². The highest BCUT2D eigenvalue weighted by Gasteiger charge is 2.30. The van der Waals surface area contributed by atoms with Gasteiger partial charge < -0.3 is 5.32 Å². The van der Waals surface area contributed by atoms with Gasteiger partial charge in [0.25, 0.3) is 0 Å². The van der Waals surface area contributed by atoms with Gasteiger partial charge in [-0.1, -0.05) is 31.2 Å². The predicted octanol–water partition coefficient (Wildman–Crippen LogP) is 3.56. The lowest BCUT2D eigenvalue weighted by atomic mass is 10.0. The van der Waals surface area contributed by atoms with Crippen molar-refractivity contribution in [1.82, 2.24) is 5.32 Å². The number of rotatable bonds is 7.